The Morgan fingerprint density at radius 2 is 1.85 bits per heavy atom. The lowest BCUT2D eigenvalue weighted by molar-refractivity contribution is 0.469. The molecule has 2 aromatic carbocycles. The van der Waals surface area contributed by atoms with E-state index in [9.17, 15) is 10.2 Å². The van der Waals surface area contributed by atoms with Crippen LogP contribution >= 0.6 is 0 Å². The minimum atomic E-state index is 0.208. The molecule has 0 amide bonds. The molecular formula is C17H19NO2. The summed E-state index contributed by atoms with van der Waals surface area (Å²) < 4.78 is 0. The van der Waals surface area contributed by atoms with Gasteiger partial charge in [-0.2, -0.15) is 0 Å². The highest BCUT2D eigenvalue weighted by atomic mass is 16.3. The van der Waals surface area contributed by atoms with E-state index in [1.54, 1.807) is 12.1 Å². The fourth-order valence-corrected chi connectivity index (χ4v) is 2.90. The third-order valence-corrected chi connectivity index (χ3v) is 4.05. The molecule has 2 aromatic rings. The molecule has 3 nitrogen and oxygen atoms in total. The van der Waals surface area contributed by atoms with Gasteiger partial charge >= 0.3 is 0 Å². The van der Waals surface area contributed by atoms with Crippen molar-refractivity contribution in [3.63, 3.8) is 0 Å². The lowest BCUT2D eigenvalue weighted by Crippen LogP contribution is -2.20. The van der Waals surface area contributed by atoms with E-state index < -0.39 is 0 Å². The molecule has 1 atom stereocenters. The van der Waals surface area contributed by atoms with Gasteiger partial charge in [0.05, 0.1) is 0 Å². The summed E-state index contributed by atoms with van der Waals surface area (Å²) >= 11 is 0. The van der Waals surface area contributed by atoms with Crippen molar-refractivity contribution in [2.24, 2.45) is 0 Å². The normalized spacial score (nSPS) is 18.4. The van der Waals surface area contributed by atoms with Crippen LogP contribution in [-0.2, 0) is 6.42 Å². The number of rotatable bonds is 1. The van der Waals surface area contributed by atoms with Gasteiger partial charge in [0, 0.05) is 12.5 Å². The number of aryl methyl sites for hydroxylation is 1. The Morgan fingerprint density at radius 3 is 2.60 bits per heavy atom. The number of hydrogen-bond donors (Lipinski definition) is 3. The van der Waals surface area contributed by atoms with Gasteiger partial charge in [0.25, 0.3) is 0 Å². The first-order chi connectivity index (χ1) is 9.65. The molecule has 1 aliphatic rings. The topological polar surface area (TPSA) is 52.5 Å². The van der Waals surface area contributed by atoms with Crippen LogP contribution in [-0.4, -0.2) is 23.3 Å². The van der Waals surface area contributed by atoms with E-state index >= 15 is 0 Å². The van der Waals surface area contributed by atoms with E-state index in [1.165, 1.54) is 11.1 Å². The molecule has 0 aromatic heterocycles. The molecule has 3 rings (SSSR count). The predicted molar refractivity (Wildman–Crippen MR) is 79.4 cm³/mol. The van der Waals surface area contributed by atoms with Crippen LogP contribution in [0.3, 0.4) is 0 Å². The number of aromatic hydroxyl groups is 2. The third kappa shape index (κ3) is 2.37. The molecule has 0 aliphatic carbocycles. The number of fused-ring (bicyclic) bond motifs is 1. The van der Waals surface area contributed by atoms with E-state index in [-0.39, 0.29) is 11.7 Å². The van der Waals surface area contributed by atoms with Crippen LogP contribution in [0.4, 0.5) is 0 Å². The summed E-state index contributed by atoms with van der Waals surface area (Å²) in [5.41, 5.74) is 4.56. The maximum Gasteiger partial charge on any atom is 0.118 e. The van der Waals surface area contributed by atoms with E-state index in [1.807, 2.05) is 25.1 Å². The van der Waals surface area contributed by atoms with Gasteiger partial charge < -0.3 is 15.5 Å². The number of benzene rings is 2. The quantitative estimate of drug-likeness (QED) is 0.746. The summed E-state index contributed by atoms with van der Waals surface area (Å²) in [6.07, 6.45) is 0.977. The second kappa shape index (κ2) is 5.17. The zero-order valence-electron chi connectivity index (χ0n) is 11.6. The first kappa shape index (κ1) is 13.0. The van der Waals surface area contributed by atoms with Crippen LogP contribution in [0.25, 0.3) is 0 Å². The van der Waals surface area contributed by atoms with Crippen molar-refractivity contribution in [1.82, 2.24) is 5.32 Å². The molecule has 1 heterocycles. The Labute approximate surface area is 118 Å². The zero-order valence-corrected chi connectivity index (χ0v) is 11.6. The Balaban J connectivity index is 2.09. The smallest absolute Gasteiger partial charge is 0.118 e. The number of phenolic OH excluding ortho intramolecular Hbond substituents is 2. The molecule has 0 saturated heterocycles. The Kier molecular flexibility index (Phi) is 3.36. The summed E-state index contributed by atoms with van der Waals surface area (Å²) in [6.45, 7) is 3.73. The van der Waals surface area contributed by atoms with E-state index in [4.69, 9.17) is 0 Å². The summed E-state index contributed by atoms with van der Waals surface area (Å²) in [5, 5.41) is 22.9. The average molecular weight is 269 g/mol. The van der Waals surface area contributed by atoms with Gasteiger partial charge in [-0.25, -0.2) is 0 Å². The molecular weight excluding hydrogens is 250 g/mol. The Bertz CT molecular complexity index is 620. The predicted octanol–water partition coefficient (Wildman–Crippen LogP) is 2.68. The lowest BCUT2D eigenvalue weighted by Gasteiger charge is -2.19. The van der Waals surface area contributed by atoms with E-state index in [0.717, 1.165) is 30.6 Å². The van der Waals surface area contributed by atoms with Crippen LogP contribution in [0.1, 0.15) is 28.2 Å². The maximum absolute atomic E-state index is 10.0. The first-order valence-corrected chi connectivity index (χ1v) is 6.97. The van der Waals surface area contributed by atoms with Crippen molar-refractivity contribution >= 4 is 0 Å². The minimum absolute atomic E-state index is 0.208. The van der Waals surface area contributed by atoms with Crippen molar-refractivity contribution in [2.75, 3.05) is 13.1 Å². The van der Waals surface area contributed by atoms with Gasteiger partial charge in [-0.3, -0.25) is 0 Å². The summed E-state index contributed by atoms with van der Waals surface area (Å²) in [7, 11) is 0. The molecule has 0 bridgehead atoms. The molecule has 0 radical (unpaired) electrons. The van der Waals surface area contributed by atoms with Crippen LogP contribution < -0.4 is 5.32 Å². The molecule has 20 heavy (non-hydrogen) atoms. The zero-order chi connectivity index (χ0) is 14.1. The van der Waals surface area contributed by atoms with Gasteiger partial charge in [0.15, 0.2) is 0 Å². The van der Waals surface area contributed by atoms with Crippen molar-refractivity contribution < 1.29 is 10.2 Å². The van der Waals surface area contributed by atoms with Gasteiger partial charge in [0.1, 0.15) is 11.5 Å². The van der Waals surface area contributed by atoms with Crippen molar-refractivity contribution in [3.8, 4) is 11.5 Å². The van der Waals surface area contributed by atoms with Crippen LogP contribution in [0.5, 0.6) is 11.5 Å². The molecule has 0 fully saturated rings. The maximum atomic E-state index is 10.0. The molecule has 1 unspecified atom stereocenters. The monoisotopic (exact) mass is 269 g/mol. The first-order valence-electron chi connectivity index (χ1n) is 6.97. The number of nitrogens with one attached hydrogen (secondary N) is 1. The van der Waals surface area contributed by atoms with Gasteiger partial charge in [-0.05, 0) is 60.3 Å². The van der Waals surface area contributed by atoms with Crippen LogP contribution in [0.2, 0.25) is 0 Å². The highest BCUT2D eigenvalue weighted by Gasteiger charge is 2.21. The number of phenols is 2. The minimum Gasteiger partial charge on any atom is -0.508 e. The SMILES string of the molecule is Cc1cc2c(cc1O)C(c1ccc(O)cc1)CNCC2. The molecule has 0 spiro atoms. The second-order valence-electron chi connectivity index (χ2n) is 5.44. The van der Waals surface area contributed by atoms with Crippen molar-refractivity contribution in [3.05, 3.63) is 58.7 Å². The third-order valence-electron chi connectivity index (χ3n) is 4.05. The fraction of sp³-hybridized carbons (Fsp3) is 0.294. The summed E-state index contributed by atoms with van der Waals surface area (Å²) in [4.78, 5) is 0. The molecule has 1 aliphatic heterocycles. The Morgan fingerprint density at radius 1 is 1.10 bits per heavy atom. The van der Waals surface area contributed by atoms with E-state index in [0.29, 0.717) is 5.75 Å². The largest absolute Gasteiger partial charge is 0.508 e. The highest BCUT2D eigenvalue weighted by Crippen LogP contribution is 2.33. The van der Waals surface area contributed by atoms with Gasteiger partial charge in [-0.15, -0.1) is 0 Å². The van der Waals surface area contributed by atoms with Crippen molar-refractivity contribution in [1.29, 1.82) is 0 Å². The second-order valence-corrected chi connectivity index (χ2v) is 5.44. The average Bonchev–Trinajstić information content (AvgIpc) is 2.63. The molecule has 104 valence electrons. The standard InChI is InChI=1S/C17H19NO2/c1-11-8-13-6-7-18-10-16(15(13)9-17(11)20)12-2-4-14(19)5-3-12/h2-5,8-9,16,18-20H,6-7,10H2,1H3. The van der Waals surface area contributed by atoms with Gasteiger partial charge in [0.2, 0.25) is 0 Å². The van der Waals surface area contributed by atoms with E-state index in [2.05, 4.69) is 11.4 Å². The fourth-order valence-electron chi connectivity index (χ4n) is 2.90. The highest BCUT2D eigenvalue weighted by molar-refractivity contribution is 5.47. The molecule has 0 saturated carbocycles. The van der Waals surface area contributed by atoms with Crippen LogP contribution in [0.15, 0.2) is 36.4 Å². The van der Waals surface area contributed by atoms with Gasteiger partial charge in [-0.1, -0.05) is 18.2 Å². The number of hydrogen-bond acceptors (Lipinski definition) is 3. The molecule has 3 N–H and O–H groups in total. The summed E-state index contributed by atoms with van der Waals surface area (Å²) in [5.74, 6) is 0.844. The van der Waals surface area contributed by atoms with Crippen LogP contribution in [0, 0.1) is 6.92 Å². The Hall–Kier alpha value is -2.00. The summed E-state index contributed by atoms with van der Waals surface area (Å²) in [6, 6.07) is 11.3. The lowest BCUT2D eigenvalue weighted by atomic mass is 9.87. The van der Waals surface area contributed by atoms with Crippen molar-refractivity contribution in [2.45, 2.75) is 19.3 Å². The molecule has 3 heteroatoms.